The van der Waals surface area contributed by atoms with E-state index in [-0.39, 0.29) is 30.3 Å². The third-order valence-electron chi connectivity index (χ3n) is 6.34. The van der Waals surface area contributed by atoms with Crippen LogP contribution in [0.1, 0.15) is 29.9 Å². The summed E-state index contributed by atoms with van der Waals surface area (Å²) in [6, 6.07) is 15.4. The zero-order valence-electron chi connectivity index (χ0n) is 18.5. The molecule has 3 N–H and O–H groups in total. The molecule has 2 aromatic carbocycles. The minimum absolute atomic E-state index is 0.000442. The topological polar surface area (TPSA) is 105 Å². The average Bonchev–Trinajstić information content (AvgIpc) is 3.54. The molecule has 33 heavy (non-hydrogen) atoms. The lowest BCUT2D eigenvalue weighted by atomic mass is 9.98. The molecule has 2 aliphatic carbocycles. The van der Waals surface area contributed by atoms with Crippen molar-refractivity contribution in [1.82, 2.24) is 10.6 Å². The molecule has 0 radical (unpaired) electrons. The van der Waals surface area contributed by atoms with E-state index in [1.165, 1.54) is 11.1 Å². The number of aliphatic carboxylic acids is 1. The van der Waals surface area contributed by atoms with Gasteiger partial charge in [-0.05, 0) is 53.0 Å². The van der Waals surface area contributed by atoms with Gasteiger partial charge in [-0.15, -0.1) is 0 Å². The Morgan fingerprint density at radius 2 is 1.73 bits per heavy atom. The molecule has 0 aliphatic heterocycles. The van der Waals surface area contributed by atoms with Gasteiger partial charge < -0.3 is 20.5 Å². The molecule has 0 spiro atoms. The third-order valence-corrected chi connectivity index (χ3v) is 6.98. The number of carboxylic acid groups (broad SMARTS) is 1. The van der Waals surface area contributed by atoms with E-state index in [1.54, 1.807) is 11.8 Å². The number of fused-ring (bicyclic) bond motifs is 3. The summed E-state index contributed by atoms with van der Waals surface area (Å²) in [6.45, 7) is 0.571. The highest BCUT2D eigenvalue weighted by molar-refractivity contribution is 7.98. The molecule has 0 aromatic heterocycles. The summed E-state index contributed by atoms with van der Waals surface area (Å²) in [7, 11) is 0. The second kappa shape index (κ2) is 10.3. The van der Waals surface area contributed by atoms with Crippen LogP contribution in [0.4, 0.5) is 4.79 Å². The standard InChI is InChI=1S/C25H28N2O5S/c1-33-11-10-22(24(29)30)27-23(28)20-12-15(20)13-26-25(31)32-14-21-18-8-4-2-6-16(18)17-7-3-5-9-19(17)21/h2-9,15,20-22H,10-14H2,1H3,(H,26,31)(H,27,28)(H,29,30)/t15-,20-,22+/m0/s1. The summed E-state index contributed by atoms with van der Waals surface area (Å²) >= 11 is 1.54. The van der Waals surface area contributed by atoms with Gasteiger partial charge in [0.15, 0.2) is 0 Å². The number of amides is 2. The highest BCUT2D eigenvalue weighted by atomic mass is 32.2. The van der Waals surface area contributed by atoms with Crippen LogP contribution in [0.5, 0.6) is 0 Å². The molecule has 2 aromatic rings. The van der Waals surface area contributed by atoms with Gasteiger partial charge in [0.2, 0.25) is 5.91 Å². The van der Waals surface area contributed by atoms with Crippen molar-refractivity contribution in [3.05, 3.63) is 59.7 Å². The number of benzene rings is 2. The quantitative estimate of drug-likeness (QED) is 0.493. The van der Waals surface area contributed by atoms with E-state index in [0.29, 0.717) is 25.1 Å². The van der Waals surface area contributed by atoms with Gasteiger partial charge in [-0.25, -0.2) is 9.59 Å². The van der Waals surface area contributed by atoms with Crippen LogP contribution in [0.25, 0.3) is 11.1 Å². The zero-order valence-corrected chi connectivity index (χ0v) is 19.3. The van der Waals surface area contributed by atoms with Crippen molar-refractivity contribution in [3.8, 4) is 11.1 Å². The Morgan fingerprint density at radius 1 is 1.09 bits per heavy atom. The van der Waals surface area contributed by atoms with Crippen LogP contribution in [0, 0.1) is 11.8 Å². The minimum atomic E-state index is -1.02. The van der Waals surface area contributed by atoms with E-state index in [9.17, 15) is 19.5 Å². The van der Waals surface area contributed by atoms with Gasteiger partial charge in [0, 0.05) is 18.4 Å². The lowest BCUT2D eigenvalue weighted by Gasteiger charge is -2.15. The van der Waals surface area contributed by atoms with Crippen LogP contribution in [-0.4, -0.2) is 54.3 Å². The Labute approximate surface area is 197 Å². The van der Waals surface area contributed by atoms with E-state index < -0.39 is 18.1 Å². The van der Waals surface area contributed by atoms with Crippen molar-refractivity contribution in [1.29, 1.82) is 0 Å². The van der Waals surface area contributed by atoms with Crippen LogP contribution in [-0.2, 0) is 14.3 Å². The SMILES string of the molecule is CSCC[C@@H](NC(=O)[C@H]1C[C@H]1CNC(=O)OCC1c2ccccc2-c2ccccc21)C(=O)O. The Hall–Kier alpha value is -3.00. The summed E-state index contributed by atoms with van der Waals surface area (Å²) in [6.07, 6.45) is 2.40. The third kappa shape index (κ3) is 5.33. The number of carboxylic acids is 1. The van der Waals surface area contributed by atoms with Crippen molar-refractivity contribution in [3.63, 3.8) is 0 Å². The first kappa shape index (κ1) is 23.2. The molecule has 0 saturated heterocycles. The van der Waals surface area contributed by atoms with Crippen LogP contribution < -0.4 is 10.6 Å². The number of carbonyl (C=O) groups is 3. The van der Waals surface area contributed by atoms with Crippen molar-refractivity contribution in [2.24, 2.45) is 11.8 Å². The summed E-state index contributed by atoms with van der Waals surface area (Å²) in [4.78, 5) is 36.0. The average molecular weight is 469 g/mol. The normalized spacial score (nSPS) is 19.2. The van der Waals surface area contributed by atoms with E-state index >= 15 is 0 Å². The van der Waals surface area contributed by atoms with E-state index in [1.807, 2.05) is 30.5 Å². The molecule has 0 unspecified atom stereocenters. The monoisotopic (exact) mass is 468 g/mol. The highest BCUT2D eigenvalue weighted by Gasteiger charge is 2.44. The van der Waals surface area contributed by atoms with Gasteiger partial charge in [-0.1, -0.05) is 48.5 Å². The van der Waals surface area contributed by atoms with Gasteiger partial charge in [0.25, 0.3) is 0 Å². The maximum absolute atomic E-state index is 12.3. The highest BCUT2D eigenvalue weighted by Crippen LogP contribution is 2.44. The molecule has 2 amide bonds. The molecule has 3 atom stereocenters. The summed E-state index contributed by atoms with van der Waals surface area (Å²) in [5.74, 6) is -0.893. The number of ether oxygens (including phenoxy) is 1. The number of hydrogen-bond acceptors (Lipinski definition) is 5. The second-order valence-electron chi connectivity index (χ2n) is 8.49. The largest absolute Gasteiger partial charge is 0.480 e. The first-order valence-corrected chi connectivity index (χ1v) is 12.5. The predicted molar refractivity (Wildman–Crippen MR) is 127 cm³/mol. The lowest BCUT2D eigenvalue weighted by Crippen LogP contribution is -2.42. The van der Waals surface area contributed by atoms with Crippen LogP contribution in [0.2, 0.25) is 0 Å². The predicted octanol–water partition coefficient (Wildman–Crippen LogP) is 3.48. The van der Waals surface area contributed by atoms with Crippen molar-refractivity contribution >= 4 is 29.7 Å². The molecule has 2 aliphatic rings. The van der Waals surface area contributed by atoms with Gasteiger partial charge in [-0.2, -0.15) is 11.8 Å². The van der Waals surface area contributed by atoms with E-state index in [2.05, 4.69) is 34.9 Å². The molecule has 1 saturated carbocycles. The fourth-order valence-corrected chi connectivity index (χ4v) is 4.90. The van der Waals surface area contributed by atoms with Gasteiger partial charge in [-0.3, -0.25) is 4.79 Å². The van der Waals surface area contributed by atoms with Crippen molar-refractivity contribution < 1.29 is 24.2 Å². The van der Waals surface area contributed by atoms with Gasteiger partial charge in [0.1, 0.15) is 12.6 Å². The first-order chi connectivity index (χ1) is 16.0. The fourth-order valence-electron chi connectivity index (χ4n) is 4.43. The number of hydrogen-bond donors (Lipinski definition) is 3. The molecular formula is C25H28N2O5S. The van der Waals surface area contributed by atoms with Crippen molar-refractivity contribution in [2.75, 3.05) is 25.2 Å². The van der Waals surface area contributed by atoms with E-state index in [4.69, 9.17) is 4.74 Å². The Morgan fingerprint density at radius 3 is 2.33 bits per heavy atom. The summed E-state index contributed by atoms with van der Waals surface area (Å²) in [5.41, 5.74) is 4.65. The number of alkyl carbamates (subject to hydrolysis) is 1. The van der Waals surface area contributed by atoms with Gasteiger partial charge >= 0.3 is 12.1 Å². The summed E-state index contributed by atoms with van der Waals surface area (Å²) < 4.78 is 5.52. The van der Waals surface area contributed by atoms with Crippen molar-refractivity contribution in [2.45, 2.75) is 24.8 Å². The molecule has 8 heteroatoms. The van der Waals surface area contributed by atoms with Crippen LogP contribution >= 0.6 is 11.8 Å². The first-order valence-electron chi connectivity index (χ1n) is 11.1. The fraction of sp³-hybridized carbons (Fsp3) is 0.400. The molecule has 0 heterocycles. The number of thioether (sulfide) groups is 1. The number of nitrogens with one attached hydrogen (secondary N) is 2. The zero-order chi connectivity index (χ0) is 23.4. The Balaban J connectivity index is 1.24. The molecule has 1 fully saturated rings. The van der Waals surface area contributed by atoms with Gasteiger partial charge in [0.05, 0.1) is 0 Å². The summed E-state index contributed by atoms with van der Waals surface area (Å²) in [5, 5.41) is 14.6. The maximum atomic E-state index is 12.3. The molecule has 174 valence electrons. The Kier molecular flexibility index (Phi) is 7.23. The van der Waals surface area contributed by atoms with Crippen LogP contribution in [0.15, 0.2) is 48.5 Å². The molecule has 4 rings (SSSR count). The smallest absolute Gasteiger partial charge is 0.407 e. The Bertz CT molecular complexity index is 997. The molecular weight excluding hydrogens is 440 g/mol. The minimum Gasteiger partial charge on any atom is -0.480 e. The molecule has 7 nitrogen and oxygen atoms in total. The number of rotatable bonds is 10. The second-order valence-corrected chi connectivity index (χ2v) is 9.48. The van der Waals surface area contributed by atoms with Crippen LogP contribution in [0.3, 0.4) is 0 Å². The van der Waals surface area contributed by atoms with E-state index in [0.717, 1.165) is 11.1 Å². The maximum Gasteiger partial charge on any atom is 0.407 e. The molecule has 0 bridgehead atoms. The lowest BCUT2D eigenvalue weighted by molar-refractivity contribution is -0.142. The number of carbonyl (C=O) groups excluding carboxylic acids is 2.